The van der Waals surface area contributed by atoms with Crippen LogP contribution in [0.5, 0.6) is 0 Å². The van der Waals surface area contributed by atoms with E-state index in [-0.39, 0.29) is 0 Å². The SMILES string of the molecule is [NH+]#Cc1cccnc1. The molecule has 0 aliphatic heterocycles. The zero-order valence-corrected chi connectivity index (χ0v) is 4.26. The molecule has 0 saturated heterocycles. The topological polar surface area (TPSA) is 36.7 Å². The highest BCUT2D eigenvalue weighted by atomic mass is 14.6. The van der Waals surface area contributed by atoms with Crippen molar-refractivity contribution in [3.63, 3.8) is 0 Å². The van der Waals surface area contributed by atoms with Crippen molar-refractivity contribution >= 4 is 0 Å². The van der Waals surface area contributed by atoms with Crippen LogP contribution in [-0.2, 0) is 0 Å². The van der Waals surface area contributed by atoms with Gasteiger partial charge in [0.1, 0.15) is 5.56 Å². The van der Waals surface area contributed by atoms with Gasteiger partial charge in [-0.15, -0.1) is 0 Å². The first-order valence-corrected chi connectivity index (χ1v) is 2.26. The molecule has 0 radical (unpaired) electrons. The molecule has 2 heteroatoms. The molecule has 0 bridgehead atoms. The van der Waals surface area contributed by atoms with Crippen LogP contribution in [0.15, 0.2) is 24.5 Å². The van der Waals surface area contributed by atoms with E-state index < -0.39 is 0 Å². The zero-order valence-electron chi connectivity index (χ0n) is 4.26. The Bertz CT molecular complexity index is 198. The molecule has 0 saturated carbocycles. The van der Waals surface area contributed by atoms with E-state index >= 15 is 0 Å². The monoisotopic (exact) mass is 105 g/mol. The van der Waals surface area contributed by atoms with Gasteiger partial charge in [-0.25, -0.2) is 0 Å². The quantitative estimate of drug-likeness (QED) is 0.461. The van der Waals surface area contributed by atoms with Crippen LogP contribution < -0.4 is 5.26 Å². The first-order valence-electron chi connectivity index (χ1n) is 2.26. The second kappa shape index (κ2) is 2.08. The van der Waals surface area contributed by atoms with Crippen LogP contribution in [0.2, 0.25) is 0 Å². The molecule has 0 atom stereocenters. The Balaban J connectivity index is 3.05. The summed E-state index contributed by atoms with van der Waals surface area (Å²) >= 11 is 0. The Morgan fingerprint density at radius 2 is 2.50 bits per heavy atom. The van der Waals surface area contributed by atoms with Crippen molar-refractivity contribution < 1.29 is 5.26 Å². The molecule has 8 heavy (non-hydrogen) atoms. The van der Waals surface area contributed by atoms with Gasteiger partial charge in [0.05, 0.1) is 0 Å². The van der Waals surface area contributed by atoms with Gasteiger partial charge in [-0.05, 0) is 12.1 Å². The molecular weight excluding hydrogens is 100 g/mol. The highest BCUT2D eigenvalue weighted by molar-refractivity contribution is 5.22. The fourth-order valence-corrected chi connectivity index (χ4v) is 0.437. The van der Waals surface area contributed by atoms with E-state index in [0.29, 0.717) is 5.56 Å². The summed E-state index contributed by atoms with van der Waals surface area (Å²) in [5.74, 6) is 0. The molecule has 1 aromatic rings. The Morgan fingerprint density at radius 1 is 1.62 bits per heavy atom. The van der Waals surface area contributed by atoms with Crippen LogP contribution in [0.3, 0.4) is 0 Å². The van der Waals surface area contributed by atoms with Gasteiger partial charge in [0, 0.05) is 12.4 Å². The molecule has 0 aliphatic carbocycles. The maximum Gasteiger partial charge on any atom is 0.310 e. The van der Waals surface area contributed by atoms with Crippen LogP contribution in [0.25, 0.3) is 0 Å². The van der Waals surface area contributed by atoms with Gasteiger partial charge in [0.15, 0.2) is 0 Å². The predicted octanol–water partition coefficient (Wildman–Crippen LogP) is -0.798. The Morgan fingerprint density at radius 3 is 2.88 bits per heavy atom. The van der Waals surface area contributed by atoms with E-state index in [4.69, 9.17) is 5.26 Å². The second-order valence-corrected chi connectivity index (χ2v) is 1.37. The lowest BCUT2D eigenvalue weighted by atomic mass is 10.3. The molecule has 1 N–H and O–H groups in total. The lowest BCUT2D eigenvalue weighted by Gasteiger charge is -1.76. The van der Waals surface area contributed by atoms with Crippen molar-refractivity contribution in [3.8, 4) is 6.07 Å². The van der Waals surface area contributed by atoms with Crippen molar-refractivity contribution in [2.75, 3.05) is 0 Å². The third kappa shape index (κ3) is 0.824. The van der Waals surface area contributed by atoms with Crippen LogP contribution in [0, 0.1) is 6.07 Å². The average Bonchev–Trinajstić information content (AvgIpc) is 1.90. The predicted molar refractivity (Wildman–Crippen MR) is 28.2 cm³/mol. The molecule has 38 valence electrons. The summed E-state index contributed by atoms with van der Waals surface area (Å²) in [6, 6.07) is 5.77. The third-order valence-electron chi connectivity index (χ3n) is 0.806. The number of rotatable bonds is 0. The zero-order chi connectivity index (χ0) is 5.82. The molecule has 2 nitrogen and oxygen atoms in total. The maximum absolute atomic E-state index is 6.65. The van der Waals surface area contributed by atoms with Gasteiger partial charge in [0.2, 0.25) is 0 Å². The van der Waals surface area contributed by atoms with Crippen molar-refractivity contribution in [2.45, 2.75) is 0 Å². The molecule has 0 aliphatic rings. The van der Waals surface area contributed by atoms with E-state index in [2.05, 4.69) is 11.1 Å². The molecule has 1 aromatic heterocycles. The van der Waals surface area contributed by atoms with Crippen LogP contribution in [0.4, 0.5) is 0 Å². The van der Waals surface area contributed by atoms with Gasteiger partial charge in [-0.3, -0.25) is 4.98 Å². The number of nitrogens with one attached hydrogen (secondary N) is 1. The minimum absolute atomic E-state index is 0.715. The summed E-state index contributed by atoms with van der Waals surface area (Å²) in [6.07, 6.45) is 3.26. The summed E-state index contributed by atoms with van der Waals surface area (Å²) in [5, 5.41) is 6.65. The maximum atomic E-state index is 6.65. The van der Waals surface area contributed by atoms with E-state index in [1.807, 2.05) is 0 Å². The van der Waals surface area contributed by atoms with Crippen molar-refractivity contribution in [1.82, 2.24) is 4.98 Å². The van der Waals surface area contributed by atoms with E-state index in [1.54, 1.807) is 24.5 Å². The molecule has 1 heterocycles. The Labute approximate surface area is 47.4 Å². The molecule has 0 unspecified atom stereocenters. The lowest BCUT2D eigenvalue weighted by Crippen LogP contribution is -2.17. The Kier molecular flexibility index (Phi) is 1.25. The van der Waals surface area contributed by atoms with Crippen LogP contribution in [0.1, 0.15) is 5.56 Å². The summed E-state index contributed by atoms with van der Waals surface area (Å²) < 4.78 is 0. The molecular formula is C6H5N2+. The second-order valence-electron chi connectivity index (χ2n) is 1.37. The minimum Gasteiger partial charge on any atom is -0.263 e. The highest BCUT2D eigenvalue weighted by Crippen LogP contribution is 1.88. The molecule has 0 fully saturated rings. The normalized spacial score (nSPS) is 7.88. The van der Waals surface area contributed by atoms with Crippen molar-refractivity contribution in [3.05, 3.63) is 30.1 Å². The fourth-order valence-electron chi connectivity index (χ4n) is 0.437. The summed E-state index contributed by atoms with van der Waals surface area (Å²) in [6.45, 7) is 0. The third-order valence-corrected chi connectivity index (χ3v) is 0.806. The van der Waals surface area contributed by atoms with Crippen LogP contribution in [-0.4, -0.2) is 4.98 Å². The summed E-state index contributed by atoms with van der Waals surface area (Å²) in [4.78, 5) is 3.77. The number of aromatic nitrogens is 1. The van der Waals surface area contributed by atoms with E-state index in [1.165, 1.54) is 0 Å². The smallest absolute Gasteiger partial charge is 0.263 e. The molecule has 0 aromatic carbocycles. The van der Waals surface area contributed by atoms with Gasteiger partial charge in [-0.1, -0.05) is 5.26 Å². The minimum atomic E-state index is 0.715. The van der Waals surface area contributed by atoms with Crippen LogP contribution >= 0.6 is 0 Å². The van der Waals surface area contributed by atoms with Gasteiger partial charge in [0.25, 0.3) is 0 Å². The average molecular weight is 105 g/mol. The van der Waals surface area contributed by atoms with Gasteiger partial charge >= 0.3 is 6.07 Å². The van der Waals surface area contributed by atoms with Gasteiger partial charge in [-0.2, -0.15) is 0 Å². The number of pyridine rings is 1. The number of nitrogens with zero attached hydrogens (tertiary/aromatic N) is 1. The van der Waals surface area contributed by atoms with Crippen molar-refractivity contribution in [2.24, 2.45) is 0 Å². The first-order chi connectivity index (χ1) is 3.93. The Hall–Kier alpha value is -1.36. The standard InChI is InChI=1S/C6H4N2/c7-4-6-2-1-3-8-5-6/h1-3,5H/p+1. The van der Waals surface area contributed by atoms with Crippen molar-refractivity contribution in [1.29, 1.82) is 0 Å². The van der Waals surface area contributed by atoms with Gasteiger partial charge < -0.3 is 0 Å². The lowest BCUT2D eigenvalue weighted by molar-refractivity contribution is -0.0909. The molecule has 1 rings (SSSR count). The fraction of sp³-hybridized carbons (Fsp3) is 0. The molecule has 0 spiro atoms. The largest absolute Gasteiger partial charge is 0.310 e. The molecule has 0 amide bonds. The highest BCUT2D eigenvalue weighted by Gasteiger charge is 1.86. The summed E-state index contributed by atoms with van der Waals surface area (Å²) in [7, 11) is 0. The van der Waals surface area contributed by atoms with E-state index in [9.17, 15) is 0 Å². The first kappa shape index (κ1) is 4.79. The number of hydrogen-bond donors (Lipinski definition) is 1. The summed E-state index contributed by atoms with van der Waals surface area (Å²) in [5.41, 5.74) is 0.715. The number of hydrogen-bond acceptors (Lipinski definition) is 1. The van der Waals surface area contributed by atoms with E-state index in [0.717, 1.165) is 0 Å².